The zero-order valence-electron chi connectivity index (χ0n) is 8.77. The number of hydrogen-bond acceptors (Lipinski definition) is 4. The predicted molar refractivity (Wildman–Crippen MR) is 55.5 cm³/mol. The first kappa shape index (κ1) is 11.0. The van der Waals surface area contributed by atoms with Crippen molar-refractivity contribution in [2.24, 2.45) is 7.05 Å². The third-order valence-corrected chi connectivity index (χ3v) is 4.52. The van der Waals surface area contributed by atoms with Gasteiger partial charge in [0.1, 0.15) is 10.6 Å². The van der Waals surface area contributed by atoms with Crippen LogP contribution in [0.1, 0.15) is 19.5 Å². The van der Waals surface area contributed by atoms with Gasteiger partial charge in [-0.15, -0.1) is 0 Å². The van der Waals surface area contributed by atoms with Gasteiger partial charge in [-0.05, 0) is 13.8 Å². The van der Waals surface area contributed by atoms with Crippen molar-refractivity contribution < 1.29 is 8.42 Å². The van der Waals surface area contributed by atoms with Gasteiger partial charge in [0, 0.05) is 19.4 Å². The molecule has 0 bridgehead atoms. The fraction of sp³-hybridized carbons (Fsp3) is 0.625. The summed E-state index contributed by atoms with van der Waals surface area (Å²) in [6.45, 7) is 3.23. The molecule has 0 unspecified atom stereocenters. The van der Waals surface area contributed by atoms with Crippen LogP contribution in [0.25, 0.3) is 0 Å². The largest absolute Gasteiger partial charge is 0.384 e. The molecule has 0 fully saturated rings. The Kier molecular flexibility index (Phi) is 2.35. The molecule has 0 aromatic carbocycles. The van der Waals surface area contributed by atoms with E-state index < -0.39 is 14.6 Å². The summed E-state index contributed by atoms with van der Waals surface area (Å²) in [7, 11) is -1.51. The van der Waals surface area contributed by atoms with Crippen molar-refractivity contribution in [2.45, 2.75) is 18.6 Å². The number of nitrogen functional groups attached to an aromatic ring is 1. The van der Waals surface area contributed by atoms with Gasteiger partial charge in [-0.1, -0.05) is 0 Å². The second-order valence-corrected chi connectivity index (χ2v) is 6.43. The van der Waals surface area contributed by atoms with E-state index in [1.165, 1.54) is 10.9 Å². The zero-order valence-corrected chi connectivity index (χ0v) is 9.59. The number of aryl methyl sites for hydroxylation is 1. The molecule has 1 rings (SSSR count). The van der Waals surface area contributed by atoms with Crippen molar-refractivity contribution in [2.75, 3.05) is 12.0 Å². The summed E-state index contributed by atoms with van der Waals surface area (Å²) in [4.78, 5) is 0. The molecule has 6 heteroatoms. The van der Waals surface area contributed by atoms with Crippen molar-refractivity contribution in [3.8, 4) is 0 Å². The highest BCUT2D eigenvalue weighted by molar-refractivity contribution is 7.91. The zero-order chi connectivity index (χ0) is 11.1. The molecule has 14 heavy (non-hydrogen) atoms. The highest BCUT2D eigenvalue weighted by Gasteiger charge is 2.35. The second kappa shape index (κ2) is 2.98. The molecule has 0 saturated carbocycles. The molecule has 80 valence electrons. The van der Waals surface area contributed by atoms with Gasteiger partial charge in [-0.3, -0.25) is 4.68 Å². The smallest absolute Gasteiger partial charge is 0.158 e. The SMILES string of the molecule is Cn1nc(C(C)(C)S(C)(=O)=O)cc1N. The number of sulfone groups is 1. The third-order valence-electron chi connectivity index (χ3n) is 2.46. The van der Waals surface area contributed by atoms with Crippen LogP contribution >= 0.6 is 0 Å². The molecule has 1 aromatic heterocycles. The van der Waals surface area contributed by atoms with Crippen LogP contribution in [0.2, 0.25) is 0 Å². The Labute approximate surface area is 83.8 Å². The normalized spacial score (nSPS) is 13.1. The molecule has 1 heterocycles. The Morgan fingerprint density at radius 3 is 2.29 bits per heavy atom. The number of hydrogen-bond donors (Lipinski definition) is 1. The van der Waals surface area contributed by atoms with Gasteiger partial charge in [0.15, 0.2) is 9.84 Å². The van der Waals surface area contributed by atoms with Gasteiger partial charge in [-0.2, -0.15) is 5.10 Å². The van der Waals surface area contributed by atoms with Crippen molar-refractivity contribution in [3.05, 3.63) is 11.8 Å². The van der Waals surface area contributed by atoms with E-state index in [2.05, 4.69) is 5.10 Å². The maximum absolute atomic E-state index is 11.5. The lowest BCUT2D eigenvalue weighted by Crippen LogP contribution is -2.28. The first-order chi connectivity index (χ1) is 6.16. The van der Waals surface area contributed by atoms with Gasteiger partial charge in [0.25, 0.3) is 0 Å². The molecule has 2 N–H and O–H groups in total. The van der Waals surface area contributed by atoms with Crippen LogP contribution in [0.4, 0.5) is 5.82 Å². The summed E-state index contributed by atoms with van der Waals surface area (Å²) in [5, 5.41) is 4.06. The summed E-state index contributed by atoms with van der Waals surface area (Å²) in [5.41, 5.74) is 6.06. The lowest BCUT2D eigenvalue weighted by atomic mass is 10.1. The molecular weight excluding hydrogens is 202 g/mol. The van der Waals surface area contributed by atoms with E-state index in [9.17, 15) is 8.42 Å². The Bertz CT molecular complexity index is 426. The van der Waals surface area contributed by atoms with Crippen LogP contribution in [0.5, 0.6) is 0 Å². The van der Waals surface area contributed by atoms with Gasteiger partial charge < -0.3 is 5.73 Å². The Morgan fingerprint density at radius 2 is 2.00 bits per heavy atom. The summed E-state index contributed by atoms with van der Waals surface area (Å²) < 4.78 is 23.4. The van der Waals surface area contributed by atoms with Crippen LogP contribution < -0.4 is 5.73 Å². The molecule has 0 aliphatic carbocycles. The Balaban J connectivity index is 3.31. The van der Waals surface area contributed by atoms with Gasteiger partial charge >= 0.3 is 0 Å². The lowest BCUT2D eigenvalue weighted by molar-refractivity contribution is 0.552. The minimum Gasteiger partial charge on any atom is -0.384 e. The van der Waals surface area contributed by atoms with Crippen LogP contribution in [0.3, 0.4) is 0 Å². The molecule has 0 amide bonds. The van der Waals surface area contributed by atoms with Gasteiger partial charge in [0.2, 0.25) is 0 Å². The van der Waals surface area contributed by atoms with Crippen LogP contribution in [0, 0.1) is 0 Å². The molecular formula is C8H15N3O2S. The first-order valence-corrected chi connectivity index (χ1v) is 6.05. The van der Waals surface area contributed by atoms with E-state index in [-0.39, 0.29) is 0 Å². The number of anilines is 1. The maximum Gasteiger partial charge on any atom is 0.158 e. The van der Waals surface area contributed by atoms with E-state index in [0.29, 0.717) is 11.5 Å². The number of nitrogens with zero attached hydrogens (tertiary/aromatic N) is 2. The van der Waals surface area contributed by atoms with Gasteiger partial charge in [-0.25, -0.2) is 8.42 Å². The predicted octanol–water partition coefficient (Wildman–Crippen LogP) is 0.282. The van der Waals surface area contributed by atoms with E-state index >= 15 is 0 Å². The third kappa shape index (κ3) is 1.61. The fourth-order valence-electron chi connectivity index (χ4n) is 0.966. The van der Waals surface area contributed by atoms with Crippen LogP contribution in [-0.2, 0) is 21.6 Å². The standard InChI is InChI=1S/C8H15N3O2S/c1-8(2,14(4,12)13)6-5-7(9)11(3)10-6/h5H,9H2,1-4H3. The molecule has 1 aromatic rings. The molecule has 0 saturated heterocycles. The Morgan fingerprint density at radius 1 is 1.50 bits per heavy atom. The number of nitrogens with two attached hydrogens (primary N) is 1. The lowest BCUT2D eigenvalue weighted by Gasteiger charge is -2.19. The second-order valence-electron chi connectivity index (χ2n) is 3.86. The molecule has 0 aliphatic rings. The first-order valence-electron chi connectivity index (χ1n) is 4.16. The number of rotatable bonds is 2. The van der Waals surface area contributed by atoms with Crippen LogP contribution in [0.15, 0.2) is 6.07 Å². The Hall–Kier alpha value is -1.04. The molecule has 5 nitrogen and oxygen atoms in total. The summed E-state index contributed by atoms with van der Waals surface area (Å²) in [5.74, 6) is 0.455. The van der Waals surface area contributed by atoms with Crippen molar-refractivity contribution in [1.82, 2.24) is 9.78 Å². The van der Waals surface area contributed by atoms with Gasteiger partial charge in [0.05, 0.1) is 5.69 Å². The maximum atomic E-state index is 11.5. The fourth-order valence-corrected chi connectivity index (χ4v) is 1.45. The molecule has 0 aliphatic heterocycles. The molecule has 0 radical (unpaired) electrons. The molecule has 0 atom stereocenters. The van der Waals surface area contributed by atoms with Crippen molar-refractivity contribution in [3.63, 3.8) is 0 Å². The molecule has 0 spiro atoms. The van der Waals surface area contributed by atoms with Crippen molar-refractivity contribution in [1.29, 1.82) is 0 Å². The van der Waals surface area contributed by atoms with E-state index in [4.69, 9.17) is 5.73 Å². The van der Waals surface area contributed by atoms with E-state index in [1.54, 1.807) is 27.0 Å². The summed E-state index contributed by atoms with van der Waals surface area (Å²) in [6.07, 6.45) is 1.19. The van der Waals surface area contributed by atoms with E-state index in [1.807, 2.05) is 0 Å². The highest BCUT2D eigenvalue weighted by atomic mass is 32.2. The van der Waals surface area contributed by atoms with Crippen molar-refractivity contribution >= 4 is 15.7 Å². The van der Waals surface area contributed by atoms with E-state index in [0.717, 1.165) is 0 Å². The monoisotopic (exact) mass is 217 g/mol. The average molecular weight is 217 g/mol. The topological polar surface area (TPSA) is 78.0 Å². The number of aromatic nitrogens is 2. The summed E-state index contributed by atoms with van der Waals surface area (Å²) >= 11 is 0. The summed E-state index contributed by atoms with van der Waals surface area (Å²) in [6, 6.07) is 1.58. The minimum absolute atomic E-state index is 0.455. The minimum atomic E-state index is -3.19. The van der Waals surface area contributed by atoms with Crippen LogP contribution in [-0.4, -0.2) is 24.5 Å². The highest BCUT2D eigenvalue weighted by Crippen LogP contribution is 2.28. The quantitative estimate of drug-likeness (QED) is 0.772. The average Bonchev–Trinajstić information content (AvgIpc) is 2.30.